The lowest BCUT2D eigenvalue weighted by molar-refractivity contribution is 0.0689. The summed E-state index contributed by atoms with van der Waals surface area (Å²) < 4.78 is 5.54. The van der Waals surface area contributed by atoms with Crippen LogP contribution in [0.1, 0.15) is 24.3 Å². The van der Waals surface area contributed by atoms with Crippen LogP contribution in [0.5, 0.6) is 5.75 Å². The van der Waals surface area contributed by atoms with Crippen LogP contribution in [0.4, 0.5) is 11.5 Å². The Bertz CT molecular complexity index is 580. The first-order valence-corrected chi connectivity index (χ1v) is 6.15. The van der Waals surface area contributed by atoms with E-state index in [1.54, 1.807) is 6.07 Å². The van der Waals surface area contributed by atoms with E-state index >= 15 is 0 Å². The molecular weight excluding hydrogens is 258 g/mol. The van der Waals surface area contributed by atoms with E-state index in [0.717, 1.165) is 11.4 Å². The van der Waals surface area contributed by atoms with Crippen molar-refractivity contribution in [3.8, 4) is 5.75 Å². The molecule has 2 rings (SSSR count). The summed E-state index contributed by atoms with van der Waals surface area (Å²) in [6.07, 6.45) is 0.128. The van der Waals surface area contributed by atoms with Gasteiger partial charge in [-0.05, 0) is 50.2 Å². The number of nitrogens with one attached hydrogen (secondary N) is 1. The Morgan fingerprint density at radius 2 is 1.85 bits per heavy atom. The molecule has 0 spiro atoms. The third-order valence-electron chi connectivity index (χ3n) is 2.38. The molecule has 0 saturated carbocycles. The average molecular weight is 273 g/mol. The number of carboxylic acid groups (broad SMARTS) is 1. The fourth-order valence-corrected chi connectivity index (χ4v) is 1.55. The van der Waals surface area contributed by atoms with Gasteiger partial charge in [-0.25, -0.2) is 4.79 Å². The van der Waals surface area contributed by atoms with Crippen LogP contribution in [-0.2, 0) is 0 Å². The molecule has 0 aliphatic rings. The number of nitrogens with zero attached hydrogens (tertiary/aromatic N) is 2. The molecule has 2 N–H and O–H groups in total. The quantitative estimate of drug-likeness (QED) is 0.871. The molecule has 0 aliphatic heterocycles. The minimum absolute atomic E-state index is 0.0868. The van der Waals surface area contributed by atoms with Gasteiger partial charge in [0.2, 0.25) is 0 Å². The highest BCUT2D eigenvalue weighted by Gasteiger charge is 2.05. The van der Waals surface area contributed by atoms with Gasteiger partial charge in [0.25, 0.3) is 0 Å². The number of anilines is 2. The van der Waals surface area contributed by atoms with Crippen molar-refractivity contribution in [1.29, 1.82) is 0 Å². The van der Waals surface area contributed by atoms with Crippen LogP contribution in [0.15, 0.2) is 36.4 Å². The lowest BCUT2D eigenvalue weighted by atomic mass is 10.3. The summed E-state index contributed by atoms with van der Waals surface area (Å²) in [6, 6.07) is 10.4. The SMILES string of the molecule is CC(C)Oc1ccc(Nc2ccc(C(=O)O)nn2)cc1. The zero-order valence-electron chi connectivity index (χ0n) is 11.2. The third kappa shape index (κ3) is 3.68. The van der Waals surface area contributed by atoms with Crippen LogP contribution in [-0.4, -0.2) is 27.4 Å². The number of carboxylic acids is 1. The molecule has 0 fully saturated rings. The van der Waals surface area contributed by atoms with Crippen LogP contribution in [0.25, 0.3) is 0 Å². The maximum absolute atomic E-state index is 10.7. The van der Waals surface area contributed by atoms with Crippen molar-refractivity contribution >= 4 is 17.5 Å². The topological polar surface area (TPSA) is 84.3 Å². The molecule has 0 radical (unpaired) electrons. The van der Waals surface area contributed by atoms with Gasteiger partial charge in [0.05, 0.1) is 6.10 Å². The monoisotopic (exact) mass is 273 g/mol. The van der Waals surface area contributed by atoms with E-state index in [0.29, 0.717) is 5.82 Å². The van der Waals surface area contributed by atoms with Gasteiger partial charge in [0, 0.05) is 5.69 Å². The zero-order valence-corrected chi connectivity index (χ0v) is 11.2. The Hall–Kier alpha value is -2.63. The zero-order chi connectivity index (χ0) is 14.5. The highest BCUT2D eigenvalue weighted by atomic mass is 16.5. The maximum atomic E-state index is 10.7. The number of aromatic carboxylic acids is 1. The number of aromatic nitrogens is 2. The number of hydrogen-bond acceptors (Lipinski definition) is 5. The summed E-state index contributed by atoms with van der Waals surface area (Å²) in [5.74, 6) is 0.171. The van der Waals surface area contributed by atoms with Crippen molar-refractivity contribution in [2.24, 2.45) is 0 Å². The van der Waals surface area contributed by atoms with Crippen molar-refractivity contribution < 1.29 is 14.6 Å². The number of benzene rings is 1. The van der Waals surface area contributed by atoms with E-state index in [2.05, 4.69) is 15.5 Å². The van der Waals surface area contributed by atoms with Crippen molar-refractivity contribution in [2.45, 2.75) is 20.0 Å². The second kappa shape index (κ2) is 6.01. The predicted octanol–water partition coefficient (Wildman–Crippen LogP) is 2.71. The van der Waals surface area contributed by atoms with Gasteiger partial charge in [-0.2, -0.15) is 0 Å². The van der Waals surface area contributed by atoms with Crippen molar-refractivity contribution in [3.05, 3.63) is 42.1 Å². The summed E-state index contributed by atoms with van der Waals surface area (Å²) in [5, 5.41) is 19.1. The second-order valence-electron chi connectivity index (χ2n) is 4.42. The Labute approximate surface area is 116 Å². The van der Waals surface area contributed by atoms with Gasteiger partial charge in [-0.15, -0.1) is 10.2 Å². The molecule has 0 saturated heterocycles. The molecule has 20 heavy (non-hydrogen) atoms. The average Bonchev–Trinajstić information content (AvgIpc) is 2.41. The fraction of sp³-hybridized carbons (Fsp3) is 0.214. The van der Waals surface area contributed by atoms with Crippen LogP contribution >= 0.6 is 0 Å². The summed E-state index contributed by atoms with van der Waals surface area (Å²) in [4.78, 5) is 10.7. The Morgan fingerprint density at radius 1 is 1.15 bits per heavy atom. The van der Waals surface area contributed by atoms with Crippen molar-refractivity contribution in [3.63, 3.8) is 0 Å². The van der Waals surface area contributed by atoms with Gasteiger partial charge in [-0.1, -0.05) is 0 Å². The first-order chi connectivity index (χ1) is 9.54. The van der Waals surface area contributed by atoms with E-state index in [1.807, 2.05) is 38.1 Å². The normalized spacial score (nSPS) is 10.3. The number of carbonyl (C=O) groups is 1. The molecule has 6 heteroatoms. The van der Waals surface area contributed by atoms with Gasteiger partial charge < -0.3 is 15.2 Å². The summed E-state index contributed by atoms with van der Waals surface area (Å²) in [7, 11) is 0. The van der Waals surface area contributed by atoms with E-state index in [9.17, 15) is 4.79 Å². The van der Waals surface area contributed by atoms with Crippen LogP contribution in [0.3, 0.4) is 0 Å². The first-order valence-electron chi connectivity index (χ1n) is 6.15. The maximum Gasteiger partial charge on any atom is 0.356 e. The number of rotatable bonds is 5. The highest BCUT2D eigenvalue weighted by Crippen LogP contribution is 2.19. The lowest BCUT2D eigenvalue weighted by Crippen LogP contribution is -2.05. The van der Waals surface area contributed by atoms with Gasteiger partial charge in [-0.3, -0.25) is 0 Å². The minimum Gasteiger partial charge on any atom is -0.491 e. The molecule has 2 aromatic rings. The molecule has 1 aromatic carbocycles. The van der Waals surface area contributed by atoms with E-state index < -0.39 is 5.97 Å². The van der Waals surface area contributed by atoms with E-state index in [4.69, 9.17) is 9.84 Å². The minimum atomic E-state index is -1.10. The van der Waals surface area contributed by atoms with E-state index in [-0.39, 0.29) is 11.8 Å². The molecule has 104 valence electrons. The Morgan fingerprint density at radius 3 is 2.35 bits per heavy atom. The summed E-state index contributed by atoms with van der Waals surface area (Å²) in [5.41, 5.74) is 0.731. The van der Waals surface area contributed by atoms with Crippen LogP contribution in [0.2, 0.25) is 0 Å². The standard InChI is InChI=1S/C14H15N3O3/c1-9(2)20-11-5-3-10(4-6-11)15-13-8-7-12(14(18)19)16-17-13/h3-9H,1-2H3,(H,15,17)(H,18,19). The molecule has 1 aromatic heterocycles. The van der Waals surface area contributed by atoms with Crippen molar-refractivity contribution in [2.75, 3.05) is 5.32 Å². The molecule has 0 bridgehead atoms. The predicted molar refractivity (Wildman–Crippen MR) is 74.5 cm³/mol. The summed E-state index contributed by atoms with van der Waals surface area (Å²) in [6.45, 7) is 3.93. The largest absolute Gasteiger partial charge is 0.491 e. The van der Waals surface area contributed by atoms with Crippen molar-refractivity contribution in [1.82, 2.24) is 10.2 Å². The Kier molecular flexibility index (Phi) is 4.14. The molecular formula is C14H15N3O3. The molecule has 0 amide bonds. The number of ether oxygens (including phenoxy) is 1. The molecule has 0 atom stereocenters. The first kappa shape index (κ1) is 13.8. The van der Waals surface area contributed by atoms with Crippen LogP contribution < -0.4 is 10.1 Å². The van der Waals surface area contributed by atoms with Gasteiger partial charge >= 0.3 is 5.97 Å². The van der Waals surface area contributed by atoms with Gasteiger partial charge in [0.1, 0.15) is 5.75 Å². The van der Waals surface area contributed by atoms with Crippen LogP contribution in [0, 0.1) is 0 Å². The second-order valence-corrected chi connectivity index (χ2v) is 4.42. The summed E-state index contributed by atoms with van der Waals surface area (Å²) >= 11 is 0. The Balaban J connectivity index is 2.04. The third-order valence-corrected chi connectivity index (χ3v) is 2.38. The molecule has 0 unspecified atom stereocenters. The number of hydrogen-bond donors (Lipinski definition) is 2. The molecule has 0 aliphatic carbocycles. The smallest absolute Gasteiger partial charge is 0.356 e. The molecule has 1 heterocycles. The van der Waals surface area contributed by atoms with Gasteiger partial charge in [0.15, 0.2) is 11.5 Å². The fourth-order valence-electron chi connectivity index (χ4n) is 1.55. The van der Waals surface area contributed by atoms with E-state index in [1.165, 1.54) is 6.07 Å². The lowest BCUT2D eigenvalue weighted by Gasteiger charge is -2.10. The highest BCUT2D eigenvalue weighted by molar-refractivity contribution is 5.85. The molecule has 6 nitrogen and oxygen atoms in total.